The molecule has 9 heteroatoms. The Labute approximate surface area is 200 Å². The zero-order valence-electron chi connectivity index (χ0n) is 18.3. The van der Waals surface area contributed by atoms with E-state index in [9.17, 15) is 23.5 Å². The van der Waals surface area contributed by atoms with E-state index in [2.05, 4.69) is 6.58 Å². The van der Waals surface area contributed by atoms with Crippen LogP contribution in [0.1, 0.15) is 33.6 Å². The molecule has 5 atom stereocenters. The van der Waals surface area contributed by atoms with Crippen LogP contribution < -0.4 is 0 Å². The van der Waals surface area contributed by atoms with Gasteiger partial charge in [0, 0.05) is 6.42 Å². The summed E-state index contributed by atoms with van der Waals surface area (Å²) in [6.45, 7) is 3.35. The number of esters is 2. The molecule has 0 aliphatic carbocycles. The number of carbonyl (C=O) groups excluding carboxylic acids is 2. The van der Waals surface area contributed by atoms with E-state index in [1.54, 1.807) is 66.7 Å². The molecule has 1 heterocycles. The van der Waals surface area contributed by atoms with E-state index >= 15 is 0 Å². The SMILES string of the molecule is C=CC[C@@H]1O[C@H](C[C@@H](COC(=O)c2ccccc2)OC(=O)c2ccccc2)[C@H](O)C1=CS(=O)[O-]. The summed E-state index contributed by atoms with van der Waals surface area (Å²) in [5.74, 6) is -1.23. The summed E-state index contributed by atoms with van der Waals surface area (Å²) in [4.78, 5) is 25.0. The fourth-order valence-electron chi connectivity index (χ4n) is 3.58. The lowest BCUT2D eigenvalue weighted by Crippen LogP contribution is -2.33. The third-order valence-electron chi connectivity index (χ3n) is 5.21. The van der Waals surface area contributed by atoms with Crippen LogP contribution in [0.3, 0.4) is 0 Å². The quantitative estimate of drug-likeness (QED) is 0.310. The van der Waals surface area contributed by atoms with Gasteiger partial charge in [-0.3, -0.25) is 4.21 Å². The zero-order chi connectivity index (χ0) is 24.5. The Morgan fingerprint density at radius 2 is 1.68 bits per heavy atom. The van der Waals surface area contributed by atoms with Gasteiger partial charge < -0.3 is 23.9 Å². The van der Waals surface area contributed by atoms with Crippen LogP contribution in [0.5, 0.6) is 0 Å². The second kappa shape index (κ2) is 12.4. The number of rotatable bonds is 10. The Kier molecular flexibility index (Phi) is 9.29. The average Bonchev–Trinajstić information content (AvgIpc) is 3.12. The van der Waals surface area contributed by atoms with Crippen molar-refractivity contribution in [2.45, 2.75) is 37.3 Å². The molecule has 1 fully saturated rings. The van der Waals surface area contributed by atoms with E-state index in [4.69, 9.17) is 14.2 Å². The van der Waals surface area contributed by atoms with Crippen molar-refractivity contribution < 1.29 is 37.7 Å². The first-order chi connectivity index (χ1) is 16.4. The summed E-state index contributed by atoms with van der Waals surface area (Å²) in [6, 6.07) is 16.6. The maximum Gasteiger partial charge on any atom is 0.338 e. The molecule has 1 N–H and O–H groups in total. The third kappa shape index (κ3) is 6.94. The van der Waals surface area contributed by atoms with Crippen LogP contribution in [-0.4, -0.2) is 56.8 Å². The van der Waals surface area contributed by atoms with Gasteiger partial charge in [0.1, 0.15) is 18.8 Å². The monoisotopic (exact) mass is 485 g/mol. The maximum atomic E-state index is 12.6. The highest BCUT2D eigenvalue weighted by Crippen LogP contribution is 2.32. The largest absolute Gasteiger partial charge is 0.769 e. The summed E-state index contributed by atoms with van der Waals surface area (Å²) in [7, 11) is 0. The predicted octanol–water partition coefficient (Wildman–Crippen LogP) is 2.93. The normalized spacial score (nSPS) is 22.6. The van der Waals surface area contributed by atoms with Gasteiger partial charge in [-0.2, -0.15) is 0 Å². The molecule has 0 amide bonds. The zero-order valence-corrected chi connectivity index (χ0v) is 19.1. The molecule has 0 radical (unpaired) electrons. The minimum absolute atomic E-state index is 0.0295. The van der Waals surface area contributed by atoms with E-state index in [0.717, 1.165) is 5.41 Å². The minimum atomic E-state index is -2.53. The number of ether oxygens (including phenoxy) is 3. The molecule has 1 aliphatic heterocycles. The number of aliphatic hydroxyl groups is 1. The van der Waals surface area contributed by atoms with Crippen LogP contribution >= 0.6 is 0 Å². The first kappa shape index (κ1) is 25.5. The predicted molar refractivity (Wildman–Crippen MR) is 123 cm³/mol. The third-order valence-corrected chi connectivity index (χ3v) is 5.67. The van der Waals surface area contributed by atoms with Crippen LogP contribution in [-0.2, 0) is 25.3 Å². The smallest absolute Gasteiger partial charge is 0.338 e. The van der Waals surface area contributed by atoms with E-state index in [-0.39, 0.29) is 25.0 Å². The lowest BCUT2D eigenvalue weighted by molar-refractivity contribution is -0.0449. The lowest BCUT2D eigenvalue weighted by atomic mass is 10.0. The lowest BCUT2D eigenvalue weighted by Gasteiger charge is -2.22. The molecule has 2 aromatic carbocycles. The minimum Gasteiger partial charge on any atom is -0.769 e. The van der Waals surface area contributed by atoms with Crippen molar-refractivity contribution in [1.29, 1.82) is 0 Å². The Hall–Kier alpha value is -3.11. The molecule has 0 saturated carbocycles. The molecule has 8 nitrogen and oxygen atoms in total. The van der Waals surface area contributed by atoms with Crippen molar-refractivity contribution in [1.82, 2.24) is 0 Å². The van der Waals surface area contributed by atoms with Crippen molar-refractivity contribution in [3.8, 4) is 0 Å². The van der Waals surface area contributed by atoms with Crippen molar-refractivity contribution in [2.75, 3.05) is 6.61 Å². The van der Waals surface area contributed by atoms with Gasteiger partial charge in [0.25, 0.3) is 0 Å². The van der Waals surface area contributed by atoms with Crippen molar-refractivity contribution in [3.05, 3.63) is 95.4 Å². The van der Waals surface area contributed by atoms with Crippen LogP contribution in [0.2, 0.25) is 0 Å². The first-order valence-electron chi connectivity index (χ1n) is 10.6. The number of hydrogen-bond donors (Lipinski definition) is 1. The van der Waals surface area contributed by atoms with Gasteiger partial charge in [0.2, 0.25) is 0 Å². The molecule has 180 valence electrons. The van der Waals surface area contributed by atoms with Crippen LogP contribution in [0, 0.1) is 0 Å². The van der Waals surface area contributed by atoms with Crippen LogP contribution in [0.4, 0.5) is 0 Å². The molecular weight excluding hydrogens is 460 g/mol. The van der Waals surface area contributed by atoms with E-state index in [1.165, 1.54) is 0 Å². The number of carbonyl (C=O) groups is 2. The molecule has 3 rings (SSSR count). The highest BCUT2D eigenvalue weighted by molar-refractivity contribution is 7.82. The molecule has 0 aromatic heterocycles. The standard InChI is InChI=1S/C25H26O8S/c1-2-9-21-20(16-34(29)30)23(26)22(33-21)14-19(32-25(28)18-12-7-4-8-13-18)15-31-24(27)17-10-5-3-6-11-17/h2-8,10-13,16,19,21-23,26H,1,9,14-15H2,(H,29,30)/p-1/t19-,21-,22+,23+/m0/s1. The molecule has 0 bridgehead atoms. The molecule has 1 saturated heterocycles. The molecule has 1 aliphatic rings. The number of aliphatic hydroxyl groups excluding tert-OH is 1. The topological polar surface area (TPSA) is 122 Å². The summed E-state index contributed by atoms with van der Waals surface area (Å²) in [5.41, 5.74) is 0.830. The summed E-state index contributed by atoms with van der Waals surface area (Å²) in [5, 5.41) is 11.6. The number of benzene rings is 2. The van der Waals surface area contributed by atoms with Gasteiger partial charge in [-0.1, -0.05) is 42.5 Å². The Bertz CT molecular complexity index is 1040. The van der Waals surface area contributed by atoms with Gasteiger partial charge in [-0.15, -0.1) is 6.58 Å². The Morgan fingerprint density at radius 3 is 2.24 bits per heavy atom. The highest BCUT2D eigenvalue weighted by Gasteiger charge is 2.40. The molecule has 1 unspecified atom stereocenters. The van der Waals surface area contributed by atoms with E-state index < -0.39 is 47.4 Å². The molecular formula is C25H25O8S-. The fraction of sp³-hybridized carbons (Fsp3) is 0.280. The van der Waals surface area contributed by atoms with E-state index in [1.807, 2.05) is 0 Å². The van der Waals surface area contributed by atoms with Crippen molar-refractivity contribution in [2.24, 2.45) is 0 Å². The second-order valence-corrected chi connectivity index (χ2v) is 8.36. The van der Waals surface area contributed by atoms with Gasteiger partial charge >= 0.3 is 11.9 Å². The number of hydrogen-bond acceptors (Lipinski definition) is 8. The summed E-state index contributed by atoms with van der Waals surface area (Å²) < 4.78 is 39.2. The molecule has 34 heavy (non-hydrogen) atoms. The van der Waals surface area contributed by atoms with E-state index in [0.29, 0.717) is 11.1 Å². The fourth-order valence-corrected chi connectivity index (χ4v) is 4.10. The van der Waals surface area contributed by atoms with Gasteiger partial charge in [-0.25, -0.2) is 9.59 Å². The summed E-state index contributed by atoms with van der Waals surface area (Å²) >= 11 is -2.53. The van der Waals surface area contributed by atoms with Gasteiger partial charge in [0.15, 0.2) is 0 Å². The van der Waals surface area contributed by atoms with Crippen LogP contribution in [0.15, 0.2) is 84.3 Å². The highest BCUT2D eigenvalue weighted by atomic mass is 32.2. The maximum absolute atomic E-state index is 12.6. The molecule has 2 aromatic rings. The van der Waals surface area contributed by atoms with Gasteiger partial charge in [-0.05, 0) is 52.7 Å². The van der Waals surface area contributed by atoms with Crippen molar-refractivity contribution in [3.63, 3.8) is 0 Å². The Balaban J connectivity index is 1.75. The van der Waals surface area contributed by atoms with Crippen LogP contribution in [0.25, 0.3) is 0 Å². The average molecular weight is 486 g/mol. The second-order valence-electron chi connectivity index (χ2n) is 7.60. The first-order valence-corrected chi connectivity index (χ1v) is 11.7. The summed E-state index contributed by atoms with van der Waals surface area (Å²) in [6.07, 6.45) is -1.97. The van der Waals surface area contributed by atoms with Gasteiger partial charge in [0.05, 0.1) is 23.3 Å². The van der Waals surface area contributed by atoms with Crippen molar-refractivity contribution >= 4 is 23.0 Å². The Morgan fingerprint density at radius 1 is 1.09 bits per heavy atom. The molecule has 0 spiro atoms.